The summed E-state index contributed by atoms with van der Waals surface area (Å²) in [7, 11) is 4.14. The summed E-state index contributed by atoms with van der Waals surface area (Å²) in [4.78, 5) is 65.7. The van der Waals surface area contributed by atoms with Crippen LogP contribution in [0.4, 0.5) is 15.6 Å². The number of halogens is 3. The number of thiazole rings is 1. The molecular weight excluding hydrogens is 1180 g/mol. The van der Waals surface area contributed by atoms with Crippen molar-refractivity contribution in [3.8, 4) is 11.5 Å². The van der Waals surface area contributed by atoms with Gasteiger partial charge in [-0.1, -0.05) is 70.3 Å². The number of likely N-dealkylation sites (N-methyl/N-ethyl adjacent to an activating group) is 2. The minimum atomic E-state index is -0.875. The van der Waals surface area contributed by atoms with Gasteiger partial charge in [0.25, 0.3) is 0 Å². The number of benzene rings is 4. The van der Waals surface area contributed by atoms with Crippen molar-refractivity contribution < 1.29 is 42.9 Å². The lowest BCUT2D eigenvalue weighted by molar-refractivity contribution is -0.141. The molecule has 2 aliphatic rings. The molecule has 1 aliphatic carbocycles. The van der Waals surface area contributed by atoms with Gasteiger partial charge in [-0.2, -0.15) is 0 Å². The van der Waals surface area contributed by atoms with Crippen LogP contribution in [0, 0.1) is 5.92 Å². The molecule has 8 rings (SSSR count). The maximum Gasteiger partial charge on any atom is 0.325 e. The van der Waals surface area contributed by atoms with Crippen LogP contribution in [0.5, 0.6) is 11.5 Å². The van der Waals surface area contributed by atoms with Crippen molar-refractivity contribution in [3.05, 3.63) is 146 Å². The number of anilines is 2. The number of hydrogen-bond acceptors (Lipinski definition) is 15. The van der Waals surface area contributed by atoms with Crippen LogP contribution in [0.3, 0.4) is 0 Å². The lowest BCUT2D eigenvalue weighted by atomic mass is 10.0. The number of ether oxygens (including phenoxy) is 5. The van der Waals surface area contributed by atoms with E-state index < -0.39 is 12.1 Å². The number of urea groups is 1. The Balaban J connectivity index is 0.609. The van der Waals surface area contributed by atoms with Crippen LogP contribution in [0.1, 0.15) is 66.2 Å². The number of aryl methyl sites for hydroxylation is 1. The van der Waals surface area contributed by atoms with E-state index in [0.717, 1.165) is 74.4 Å². The van der Waals surface area contributed by atoms with Gasteiger partial charge in [0.1, 0.15) is 24.1 Å². The summed E-state index contributed by atoms with van der Waals surface area (Å²) in [6.45, 7) is 10.1. The van der Waals surface area contributed by atoms with Gasteiger partial charge in [0, 0.05) is 80.9 Å². The average Bonchev–Trinajstić information content (AvgIpc) is 3.62. The summed E-state index contributed by atoms with van der Waals surface area (Å²) in [5.41, 5.74) is 4.57. The molecule has 1 saturated heterocycles. The maximum atomic E-state index is 14.1. The van der Waals surface area contributed by atoms with Crippen LogP contribution in [0.25, 0.3) is 0 Å². The number of piperazine rings is 1. The molecule has 3 heterocycles. The molecule has 1 aliphatic heterocycles. The predicted molar refractivity (Wildman–Crippen MR) is 335 cm³/mol. The van der Waals surface area contributed by atoms with Crippen molar-refractivity contribution in [1.29, 1.82) is 0 Å². The van der Waals surface area contributed by atoms with Gasteiger partial charge in [-0.15, -0.1) is 16.4 Å². The van der Waals surface area contributed by atoms with Crippen molar-refractivity contribution in [1.82, 2.24) is 44.9 Å². The third-order valence-electron chi connectivity index (χ3n) is 14.5. The Kier molecular flexibility index (Phi) is 26.5. The van der Waals surface area contributed by atoms with Crippen molar-refractivity contribution in [2.24, 2.45) is 5.92 Å². The molecule has 462 valence electrons. The van der Waals surface area contributed by atoms with E-state index >= 15 is 0 Å². The van der Waals surface area contributed by atoms with Crippen LogP contribution >= 0.6 is 46.1 Å². The zero-order valence-electron chi connectivity index (χ0n) is 48.9. The van der Waals surface area contributed by atoms with Crippen LogP contribution in [-0.4, -0.2) is 176 Å². The standard InChI is InChI=1S/C62H78Cl3N11O9S/c1-72(24-3-4-31-84-53-17-9-45(10-18-53)11-22-57(77)76(42-47-5-6-47)59(48-12-21-55(64)56(65)39-48)60(79)66-41-46-7-13-49(63)14-8-46)29-33-82-36-35-81-32-23-51-43-75(71-70-51)30-34-83-37-38-85-54-19-15-50(16-20-54)67-61(80)69-62-68-52(44-86-62)40-58(78)74-27-25-73(2)26-28-74/h7-10,12-21,39,43-44,47,59H,3-6,11,22-38,40-42H2,1-2H3,(H,66,79)(H2,67,68,69,80). The van der Waals surface area contributed by atoms with Crippen LogP contribution in [0.15, 0.2) is 103 Å². The summed E-state index contributed by atoms with van der Waals surface area (Å²) >= 11 is 20.1. The van der Waals surface area contributed by atoms with Gasteiger partial charge in [0.15, 0.2) is 5.13 Å². The predicted octanol–water partition coefficient (Wildman–Crippen LogP) is 9.35. The first-order valence-corrected chi connectivity index (χ1v) is 31.3. The SMILES string of the molecule is CN(CCCCOc1ccc(CCC(=O)N(CC2CC2)C(C(=O)NCc2ccc(Cl)cc2)c2ccc(Cl)c(Cl)c2)cc1)CCOCCOCCc1cn(CCOCCOc2ccc(NC(=O)Nc3nc(CC(=O)N4CCN(C)CC4)cs3)cc2)nn1. The molecule has 20 nitrogen and oxygen atoms in total. The molecular formula is C62H78Cl3N11O9S. The third kappa shape index (κ3) is 22.7. The molecule has 0 radical (unpaired) electrons. The summed E-state index contributed by atoms with van der Waals surface area (Å²) < 4.78 is 31.0. The fraction of sp³-hybridized carbons (Fsp3) is 0.468. The van der Waals surface area contributed by atoms with E-state index in [1.54, 1.807) is 69.6 Å². The van der Waals surface area contributed by atoms with Gasteiger partial charge < -0.3 is 53.9 Å². The second-order valence-corrected chi connectivity index (χ2v) is 23.5. The van der Waals surface area contributed by atoms with Gasteiger partial charge in [-0.05, 0) is 136 Å². The molecule has 0 bridgehead atoms. The molecule has 6 aromatic rings. The molecule has 86 heavy (non-hydrogen) atoms. The number of amides is 5. The second kappa shape index (κ2) is 34.8. The Morgan fingerprint density at radius 3 is 2.16 bits per heavy atom. The van der Waals surface area contributed by atoms with E-state index in [9.17, 15) is 19.2 Å². The topological polar surface area (TPSA) is 207 Å². The summed E-state index contributed by atoms with van der Waals surface area (Å²) in [6, 6.07) is 26.0. The van der Waals surface area contributed by atoms with Crippen molar-refractivity contribution in [2.75, 3.05) is 123 Å². The Morgan fingerprint density at radius 1 is 0.721 bits per heavy atom. The molecule has 24 heteroatoms. The van der Waals surface area contributed by atoms with Gasteiger partial charge in [-0.3, -0.25) is 19.7 Å². The van der Waals surface area contributed by atoms with E-state index in [-0.39, 0.29) is 37.1 Å². The fourth-order valence-electron chi connectivity index (χ4n) is 9.33. The minimum absolute atomic E-state index is 0.0452. The van der Waals surface area contributed by atoms with Crippen molar-refractivity contribution in [2.45, 2.75) is 70.5 Å². The van der Waals surface area contributed by atoms with Crippen LogP contribution in [-0.2, 0) is 60.9 Å². The molecule has 1 saturated carbocycles. The first-order valence-electron chi connectivity index (χ1n) is 29.3. The first-order chi connectivity index (χ1) is 41.8. The number of nitrogens with zero attached hydrogens (tertiary/aromatic N) is 8. The molecule has 3 N–H and O–H groups in total. The number of nitrogens with one attached hydrogen (secondary N) is 3. The lowest BCUT2D eigenvalue weighted by Crippen LogP contribution is -2.47. The van der Waals surface area contributed by atoms with Gasteiger partial charge in [0.05, 0.1) is 80.6 Å². The molecule has 4 aromatic carbocycles. The van der Waals surface area contributed by atoms with Gasteiger partial charge in [-0.25, -0.2) is 14.5 Å². The Bertz CT molecular complexity index is 3050. The number of rotatable bonds is 36. The van der Waals surface area contributed by atoms with E-state index in [1.807, 2.05) is 54.5 Å². The quantitative estimate of drug-likeness (QED) is 0.0314. The molecule has 5 amide bonds. The van der Waals surface area contributed by atoms with Crippen LogP contribution < -0.4 is 25.4 Å². The first kappa shape index (κ1) is 65.6. The largest absolute Gasteiger partial charge is 0.494 e. The molecule has 2 fully saturated rings. The van der Waals surface area contributed by atoms with E-state index in [4.69, 9.17) is 58.5 Å². The third-order valence-corrected chi connectivity index (χ3v) is 16.3. The smallest absolute Gasteiger partial charge is 0.325 e. The van der Waals surface area contributed by atoms with Crippen LogP contribution in [0.2, 0.25) is 15.1 Å². The van der Waals surface area contributed by atoms with E-state index in [2.05, 4.69) is 48.1 Å². The number of hydrogen-bond donors (Lipinski definition) is 3. The maximum absolute atomic E-state index is 14.1. The lowest BCUT2D eigenvalue weighted by Gasteiger charge is -2.32. The van der Waals surface area contributed by atoms with E-state index in [1.165, 1.54) is 11.3 Å². The number of aromatic nitrogens is 4. The number of unbranched alkanes of at least 4 members (excludes halogenated alkanes) is 1. The van der Waals surface area contributed by atoms with Gasteiger partial charge >= 0.3 is 6.03 Å². The number of carbonyl (C=O) groups excluding carboxylic acids is 4. The highest BCUT2D eigenvalue weighted by Gasteiger charge is 2.36. The second-order valence-electron chi connectivity index (χ2n) is 21.4. The average molecular weight is 1260 g/mol. The van der Waals surface area contributed by atoms with Gasteiger partial charge in [0.2, 0.25) is 17.7 Å². The minimum Gasteiger partial charge on any atom is -0.494 e. The fourth-order valence-corrected chi connectivity index (χ4v) is 10.5. The van der Waals surface area contributed by atoms with Crippen molar-refractivity contribution in [3.63, 3.8) is 0 Å². The van der Waals surface area contributed by atoms with E-state index in [0.29, 0.717) is 141 Å². The molecule has 1 atom stereocenters. The number of carbonyl (C=O) groups is 4. The summed E-state index contributed by atoms with van der Waals surface area (Å²) in [6.07, 6.45) is 7.42. The molecule has 1 unspecified atom stereocenters. The Labute approximate surface area is 522 Å². The normalized spacial score (nSPS) is 13.8. The zero-order chi connectivity index (χ0) is 60.5. The zero-order valence-corrected chi connectivity index (χ0v) is 52.0. The Hall–Kier alpha value is -6.40. The highest BCUT2D eigenvalue weighted by molar-refractivity contribution is 7.14. The Morgan fingerprint density at radius 2 is 1.42 bits per heavy atom. The molecule has 0 spiro atoms. The highest BCUT2D eigenvalue weighted by Crippen LogP contribution is 2.35. The summed E-state index contributed by atoms with van der Waals surface area (Å²) in [5, 5.41) is 20.6. The monoisotopic (exact) mass is 1260 g/mol. The summed E-state index contributed by atoms with van der Waals surface area (Å²) in [5.74, 6) is 1.42. The van der Waals surface area contributed by atoms with Crippen molar-refractivity contribution >= 4 is 80.7 Å². The molecule has 2 aromatic heterocycles. The highest BCUT2D eigenvalue weighted by atomic mass is 35.5.